The second-order valence-electron chi connectivity index (χ2n) is 4.50. The van der Waals surface area contributed by atoms with E-state index in [1.54, 1.807) is 12.5 Å². The Morgan fingerprint density at radius 2 is 1.95 bits per heavy atom. The molecule has 0 atom stereocenters. The van der Waals surface area contributed by atoms with Gasteiger partial charge < -0.3 is 4.98 Å². The van der Waals surface area contributed by atoms with Crippen LogP contribution in [0.15, 0.2) is 36.0 Å². The van der Waals surface area contributed by atoms with E-state index in [2.05, 4.69) is 56.4 Å². The highest BCUT2D eigenvalue weighted by Crippen LogP contribution is 2.15. The van der Waals surface area contributed by atoms with Gasteiger partial charge in [0.25, 0.3) is 0 Å². The van der Waals surface area contributed by atoms with Gasteiger partial charge in [0, 0.05) is 5.56 Å². The SMILES string of the molecule is Cc1cccc(C)c1C=NNc1ncnc2nc[nH]c12. The molecule has 0 spiro atoms. The summed E-state index contributed by atoms with van der Waals surface area (Å²) in [5.74, 6) is 0.606. The van der Waals surface area contributed by atoms with Crippen LogP contribution in [-0.2, 0) is 0 Å². The number of nitrogens with zero attached hydrogens (tertiary/aromatic N) is 4. The van der Waals surface area contributed by atoms with Crippen LogP contribution in [0.2, 0.25) is 0 Å². The van der Waals surface area contributed by atoms with Crippen molar-refractivity contribution < 1.29 is 0 Å². The van der Waals surface area contributed by atoms with Crippen molar-refractivity contribution in [3.8, 4) is 0 Å². The smallest absolute Gasteiger partial charge is 0.182 e. The van der Waals surface area contributed by atoms with Crippen LogP contribution in [0.1, 0.15) is 16.7 Å². The number of H-pyrrole nitrogens is 1. The minimum atomic E-state index is 0.606. The van der Waals surface area contributed by atoms with Gasteiger partial charge in [-0.3, -0.25) is 5.43 Å². The molecule has 100 valence electrons. The number of nitrogens with one attached hydrogen (secondary N) is 2. The predicted molar refractivity (Wildman–Crippen MR) is 78.8 cm³/mol. The molecule has 1 aromatic carbocycles. The van der Waals surface area contributed by atoms with Crippen LogP contribution in [0.25, 0.3) is 11.2 Å². The zero-order valence-electron chi connectivity index (χ0n) is 11.3. The van der Waals surface area contributed by atoms with Gasteiger partial charge in [-0.05, 0) is 25.0 Å². The summed E-state index contributed by atoms with van der Waals surface area (Å²) < 4.78 is 0. The maximum atomic E-state index is 4.25. The maximum Gasteiger partial charge on any atom is 0.182 e. The zero-order chi connectivity index (χ0) is 13.9. The first-order valence-corrected chi connectivity index (χ1v) is 6.25. The molecule has 2 heterocycles. The topological polar surface area (TPSA) is 78.8 Å². The highest BCUT2D eigenvalue weighted by Gasteiger charge is 2.04. The first-order valence-electron chi connectivity index (χ1n) is 6.25. The highest BCUT2D eigenvalue weighted by atomic mass is 15.3. The Morgan fingerprint density at radius 1 is 1.15 bits per heavy atom. The molecule has 0 bridgehead atoms. The summed E-state index contributed by atoms with van der Waals surface area (Å²) in [6, 6.07) is 6.16. The van der Waals surface area contributed by atoms with Crippen molar-refractivity contribution in [1.29, 1.82) is 0 Å². The first-order chi connectivity index (χ1) is 9.75. The van der Waals surface area contributed by atoms with Crippen LogP contribution in [0.4, 0.5) is 5.82 Å². The summed E-state index contributed by atoms with van der Waals surface area (Å²) in [5, 5.41) is 4.25. The van der Waals surface area contributed by atoms with Crippen molar-refractivity contribution in [2.45, 2.75) is 13.8 Å². The number of hydrogen-bond acceptors (Lipinski definition) is 5. The number of aromatic nitrogens is 4. The third-order valence-corrected chi connectivity index (χ3v) is 3.13. The van der Waals surface area contributed by atoms with Crippen molar-refractivity contribution in [2.24, 2.45) is 5.10 Å². The van der Waals surface area contributed by atoms with Gasteiger partial charge >= 0.3 is 0 Å². The van der Waals surface area contributed by atoms with E-state index in [-0.39, 0.29) is 0 Å². The fourth-order valence-corrected chi connectivity index (χ4v) is 2.04. The average molecular weight is 266 g/mol. The van der Waals surface area contributed by atoms with E-state index in [1.165, 1.54) is 17.5 Å². The Balaban J connectivity index is 1.86. The normalized spacial score (nSPS) is 11.3. The predicted octanol–water partition coefficient (Wildman–Crippen LogP) is 2.42. The van der Waals surface area contributed by atoms with Gasteiger partial charge in [0.1, 0.15) is 11.8 Å². The Hall–Kier alpha value is -2.76. The van der Waals surface area contributed by atoms with E-state index >= 15 is 0 Å². The number of anilines is 1. The van der Waals surface area contributed by atoms with Gasteiger partial charge in [-0.1, -0.05) is 18.2 Å². The van der Waals surface area contributed by atoms with Crippen LogP contribution in [-0.4, -0.2) is 26.2 Å². The lowest BCUT2D eigenvalue weighted by atomic mass is 10.0. The van der Waals surface area contributed by atoms with E-state index in [9.17, 15) is 0 Å². The molecule has 0 saturated carbocycles. The van der Waals surface area contributed by atoms with Crippen molar-refractivity contribution in [1.82, 2.24) is 19.9 Å². The van der Waals surface area contributed by atoms with E-state index in [1.807, 2.05) is 6.07 Å². The van der Waals surface area contributed by atoms with E-state index in [4.69, 9.17) is 0 Å². The molecule has 20 heavy (non-hydrogen) atoms. The lowest BCUT2D eigenvalue weighted by molar-refractivity contribution is 1.17. The third-order valence-electron chi connectivity index (χ3n) is 3.13. The molecular formula is C14H14N6. The summed E-state index contributed by atoms with van der Waals surface area (Å²) >= 11 is 0. The fourth-order valence-electron chi connectivity index (χ4n) is 2.04. The summed E-state index contributed by atoms with van der Waals surface area (Å²) in [5.41, 5.74) is 7.76. The molecule has 0 amide bonds. The number of rotatable bonds is 3. The molecule has 0 saturated heterocycles. The van der Waals surface area contributed by atoms with Gasteiger partial charge in [0.2, 0.25) is 0 Å². The molecule has 0 unspecified atom stereocenters. The molecule has 0 aliphatic carbocycles. The molecule has 2 N–H and O–H groups in total. The minimum absolute atomic E-state index is 0.606. The largest absolute Gasteiger partial charge is 0.340 e. The zero-order valence-corrected chi connectivity index (χ0v) is 11.3. The summed E-state index contributed by atoms with van der Waals surface area (Å²) in [6.45, 7) is 4.12. The second kappa shape index (κ2) is 5.08. The van der Waals surface area contributed by atoms with E-state index in [0.717, 1.165) is 11.1 Å². The van der Waals surface area contributed by atoms with Crippen molar-refractivity contribution in [3.05, 3.63) is 47.5 Å². The first kappa shape index (κ1) is 12.3. The summed E-state index contributed by atoms with van der Waals surface area (Å²) in [6.07, 6.45) is 4.84. The molecule has 0 aliphatic rings. The van der Waals surface area contributed by atoms with Crippen molar-refractivity contribution in [3.63, 3.8) is 0 Å². The molecule has 2 aromatic heterocycles. The number of aryl methyl sites for hydroxylation is 2. The molecule has 0 radical (unpaired) electrons. The molecule has 0 aliphatic heterocycles. The molecule has 3 aromatic rings. The average Bonchev–Trinajstić information content (AvgIpc) is 2.91. The number of hydrogen-bond donors (Lipinski definition) is 2. The van der Waals surface area contributed by atoms with Gasteiger partial charge in [0.05, 0.1) is 12.5 Å². The fraction of sp³-hybridized carbons (Fsp3) is 0.143. The van der Waals surface area contributed by atoms with Crippen molar-refractivity contribution in [2.75, 3.05) is 5.43 Å². The quantitative estimate of drug-likeness (QED) is 0.563. The molecule has 6 heteroatoms. The molecular weight excluding hydrogens is 252 g/mol. The Bertz CT molecular complexity index is 754. The van der Waals surface area contributed by atoms with Gasteiger partial charge in [-0.25, -0.2) is 15.0 Å². The van der Waals surface area contributed by atoms with Crippen LogP contribution in [0.3, 0.4) is 0 Å². The minimum Gasteiger partial charge on any atom is -0.340 e. The van der Waals surface area contributed by atoms with E-state index < -0.39 is 0 Å². The third kappa shape index (κ3) is 2.23. The van der Waals surface area contributed by atoms with Crippen LogP contribution in [0, 0.1) is 13.8 Å². The van der Waals surface area contributed by atoms with Crippen LogP contribution >= 0.6 is 0 Å². The van der Waals surface area contributed by atoms with Crippen molar-refractivity contribution >= 4 is 23.2 Å². The number of aromatic amines is 1. The summed E-state index contributed by atoms with van der Waals surface area (Å²) in [4.78, 5) is 15.3. The Kier molecular flexibility index (Phi) is 3.12. The number of imidazole rings is 1. The standard InChI is InChI=1S/C14H14N6/c1-9-4-3-5-10(2)11(9)6-19-20-14-12-13(16-7-15-12)17-8-18-14/h3-8H,1-2H3,(H2,15,16,17,18,20). The number of benzene rings is 1. The molecule has 6 nitrogen and oxygen atoms in total. The number of hydrazone groups is 1. The van der Waals surface area contributed by atoms with Crippen LogP contribution < -0.4 is 5.43 Å². The van der Waals surface area contributed by atoms with Gasteiger partial charge in [0.15, 0.2) is 11.5 Å². The van der Waals surface area contributed by atoms with Gasteiger partial charge in [-0.15, -0.1) is 0 Å². The Morgan fingerprint density at radius 3 is 2.75 bits per heavy atom. The second-order valence-corrected chi connectivity index (χ2v) is 4.50. The van der Waals surface area contributed by atoms with E-state index in [0.29, 0.717) is 11.5 Å². The lowest BCUT2D eigenvalue weighted by Crippen LogP contribution is -1.98. The molecule has 0 fully saturated rings. The monoisotopic (exact) mass is 266 g/mol. The number of fused-ring (bicyclic) bond motifs is 1. The Labute approximate surface area is 116 Å². The summed E-state index contributed by atoms with van der Waals surface area (Å²) in [7, 11) is 0. The highest BCUT2D eigenvalue weighted by molar-refractivity contribution is 5.86. The lowest BCUT2D eigenvalue weighted by Gasteiger charge is -2.04. The van der Waals surface area contributed by atoms with Crippen LogP contribution in [0.5, 0.6) is 0 Å². The maximum absolute atomic E-state index is 4.25. The van der Waals surface area contributed by atoms with Gasteiger partial charge in [-0.2, -0.15) is 5.10 Å². The molecule has 3 rings (SSSR count).